The maximum absolute atomic E-state index is 6.24. The van der Waals surface area contributed by atoms with Crippen LogP contribution in [0.25, 0.3) is 0 Å². The molecular weight excluding hydrogens is 258 g/mol. The zero-order chi connectivity index (χ0) is 13.8. The van der Waals surface area contributed by atoms with Gasteiger partial charge in [0.15, 0.2) is 0 Å². The largest absolute Gasteiger partial charge is 0.490 e. The summed E-state index contributed by atoms with van der Waals surface area (Å²) in [4.78, 5) is 2.49. The molecule has 2 nitrogen and oxygen atoms in total. The Labute approximate surface area is 121 Å². The van der Waals surface area contributed by atoms with Gasteiger partial charge in [0.25, 0.3) is 0 Å². The van der Waals surface area contributed by atoms with Crippen molar-refractivity contribution < 1.29 is 4.74 Å². The number of likely N-dealkylation sites (tertiary alicyclic amines) is 1. The Morgan fingerprint density at radius 2 is 2.16 bits per heavy atom. The molecule has 0 bridgehead atoms. The van der Waals surface area contributed by atoms with E-state index in [1.54, 1.807) is 0 Å². The fourth-order valence-corrected chi connectivity index (χ4v) is 3.23. The minimum absolute atomic E-state index is 0.719. The van der Waals surface area contributed by atoms with Gasteiger partial charge < -0.3 is 4.74 Å². The van der Waals surface area contributed by atoms with Crippen LogP contribution >= 0.6 is 11.6 Å². The molecule has 1 atom stereocenters. The van der Waals surface area contributed by atoms with E-state index in [4.69, 9.17) is 16.3 Å². The van der Waals surface area contributed by atoms with Gasteiger partial charge >= 0.3 is 0 Å². The maximum atomic E-state index is 6.24. The zero-order valence-electron chi connectivity index (χ0n) is 12.2. The van der Waals surface area contributed by atoms with Crippen LogP contribution in [0.15, 0.2) is 12.1 Å². The summed E-state index contributed by atoms with van der Waals surface area (Å²) in [6.07, 6.45) is 2.67. The van der Waals surface area contributed by atoms with E-state index in [0.29, 0.717) is 0 Å². The first-order valence-electron chi connectivity index (χ1n) is 7.18. The van der Waals surface area contributed by atoms with E-state index < -0.39 is 0 Å². The third-order valence-corrected chi connectivity index (χ3v) is 4.05. The Hall–Kier alpha value is -0.730. The molecule has 0 spiro atoms. The van der Waals surface area contributed by atoms with Crippen molar-refractivity contribution in [3.8, 4) is 5.75 Å². The Bertz CT molecular complexity index is 410. The van der Waals surface area contributed by atoms with Gasteiger partial charge in [-0.1, -0.05) is 24.6 Å². The maximum Gasteiger partial charge on any atom is 0.140 e. The predicted molar refractivity (Wildman–Crippen MR) is 81.3 cm³/mol. The van der Waals surface area contributed by atoms with Gasteiger partial charge in [0.05, 0.1) is 5.02 Å². The van der Waals surface area contributed by atoms with Crippen LogP contribution in [0, 0.1) is 19.8 Å². The molecule has 19 heavy (non-hydrogen) atoms. The third kappa shape index (κ3) is 4.12. The number of ether oxygens (including phenoxy) is 1. The van der Waals surface area contributed by atoms with Crippen molar-refractivity contribution in [3.05, 3.63) is 28.3 Å². The quantitative estimate of drug-likeness (QED) is 0.825. The summed E-state index contributed by atoms with van der Waals surface area (Å²) in [6.45, 7) is 10.5. The first-order chi connectivity index (χ1) is 9.06. The highest BCUT2D eigenvalue weighted by Gasteiger charge is 2.16. The number of rotatable bonds is 4. The van der Waals surface area contributed by atoms with Gasteiger partial charge in [-0.3, -0.25) is 4.90 Å². The Morgan fingerprint density at radius 1 is 1.37 bits per heavy atom. The van der Waals surface area contributed by atoms with E-state index in [2.05, 4.69) is 31.7 Å². The molecule has 1 aromatic rings. The summed E-state index contributed by atoms with van der Waals surface area (Å²) in [5.41, 5.74) is 2.30. The molecule has 1 heterocycles. The first kappa shape index (κ1) is 14.7. The molecule has 0 radical (unpaired) electrons. The van der Waals surface area contributed by atoms with Crippen molar-refractivity contribution >= 4 is 11.6 Å². The smallest absolute Gasteiger partial charge is 0.140 e. The third-order valence-electron chi connectivity index (χ3n) is 3.77. The van der Waals surface area contributed by atoms with Crippen LogP contribution in [0.3, 0.4) is 0 Å². The topological polar surface area (TPSA) is 12.5 Å². The van der Waals surface area contributed by atoms with Gasteiger partial charge in [0.1, 0.15) is 12.4 Å². The second kappa shape index (κ2) is 6.62. The second-order valence-electron chi connectivity index (χ2n) is 5.79. The summed E-state index contributed by atoms with van der Waals surface area (Å²) in [5, 5.41) is 0.726. The highest BCUT2D eigenvalue weighted by atomic mass is 35.5. The fraction of sp³-hybridized carbons (Fsp3) is 0.625. The Balaban J connectivity index is 1.85. The standard InChI is InChI=1S/C16H24ClNO/c1-12-5-4-6-18(11-12)7-8-19-16-14(3)9-13(2)10-15(16)17/h9-10,12H,4-8,11H2,1-3H3/t12-/m0/s1. The highest BCUT2D eigenvalue weighted by molar-refractivity contribution is 6.32. The molecule has 3 heteroatoms. The molecule has 0 saturated carbocycles. The van der Waals surface area contributed by atoms with E-state index in [9.17, 15) is 0 Å². The van der Waals surface area contributed by atoms with Gasteiger partial charge in [0.2, 0.25) is 0 Å². The van der Waals surface area contributed by atoms with Crippen LogP contribution < -0.4 is 4.74 Å². The first-order valence-corrected chi connectivity index (χ1v) is 7.56. The van der Waals surface area contributed by atoms with E-state index in [-0.39, 0.29) is 0 Å². The average molecular weight is 282 g/mol. The van der Waals surface area contributed by atoms with E-state index in [1.165, 1.54) is 31.5 Å². The van der Waals surface area contributed by atoms with Gasteiger partial charge in [-0.2, -0.15) is 0 Å². The summed E-state index contributed by atoms with van der Waals surface area (Å²) < 4.78 is 5.89. The van der Waals surface area contributed by atoms with Crippen molar-refractivity contribution in [2.75, 3.05) is 26.2 Å². The minimum Gasteiger partial charge on any atom is -0.490 e. The number of halogens is 1. The molecule has 0 aromatic heterocycles. The van der Waals surface area contributed by atoms with Crippen molar-refractivity contribution in [3.63, 3.8) is 0 Å². The number of hydrogen-bond acceptors (Lipinski definition) is 2. The van der Waals surface area contributed by atoms with Gasteiger partial charge in [0, 0.05) is 13.1 Å². The second-order valence-corrected chi connectivity index (χ2v) is 6.20. The van der Waals surface area contributed by atoms with E-state index >= 15 is 0 Å². The van der Waals surface area contributed by atoms with Crippen LogP contribution in [-0.4, -0.2) is 31.1 Å². The van der Waals surface area contributed by atoms with Gasteiger partial charge in [-0.05, 0) is 56.3 Å². The summed E-state index contributed by atoms with van der Waals surface area (Å²) in [5.74, 6) is 1.66. The highest BCUT2D eigenvalue weighted by Crippen LogP contribution is 2.29. The fourth-order valence-electron chi connectivity index (χ4n) is 2.85. The molecular formula is C16H24ClNO. The van der Waals surface area contributed by atoms with Crippen LogP contribution in [-0.2, 0) is 0 Å². The van der Waals surface area contributed by atoms with Crippen LogP contribution in [0.1, 0.15) is 30.9 Å². The number of benzene rings is 1. The van der Waals surface area contributed by atoms with Gasteiger partial charge in [-0.15, -0.1) is 0 Å². The number of aryl methyl sites for hydroxylation is 2. The molecule has 0 unspecified atom stereocenters. The molecule has 1 aliphatic heterocycles. The molecule has 106 valence electrons. The lowest BCUT2D eigenvalue weighted by molar-refractivity contribution is 0.153. The lowest BCUT2D eigenvalue weighted by atomic mass is 10.0. The molecule has 1 aromatic carbocycles. The molecule has 0 aliphatic carbocycles. The summed E-state index contributed by atoms with van der Waals surface area (Å²) in [6, 6.07) is 4.08. The molecule has 0 amide bonds. The Morgan fingerprint density at radius 3 is 2.84 bits per heavy atom. The summed E-state index contributed by atoms with van der Waals surface area (Å²) in [7, 11) is 0. The van der Waals surface area contributed by atoms with Crippen LogP contribution in [0.5, 0.6) is 5.75 Å². The van der Waals surface area contributed by atoms with Crippen LogP contribution in [0.4, 0.5) is 0 Å². The number of hydrogen-bond donors (Lipinski definition) is 0. The number of piperidine rings is 1. The zero-order valence-corrected chi connectivity index (χ0v) is 13.0. The molecule has 1 saturated heterocycles. The van der Waals surface area contributed by atoms with E-state index in [1.807, 2.05) is 6.07 Å². The van der Waals surface area contributed by atoms with Crippen molar-refractivity contribution in [1.82, 2.24) is 4.90 Å². The molecule has 2 rings (SSSR count). The van der Waals surface area contributed by atoms with Gasteiger partial charge in [-0.25, -0.2) is 0 Å². The average Bonchev–Trinajstić information content (AvgIpc) is 2.32. The monoisotopic (exact) mass is 281 g/mol. The molecule has 0 N–H and O–H groups in total. The van der Waals surface area contributed by atoms with Crippen molar-refractivity contribution in [2.45, 2.75) is 33.6 Å². The molecule has 1 aliphatic rings. The lowest BCUT2D eigenvalue weighted by Crippen LogP contribution is -2.37. The SMILES string of the molecule is Cc1cc(C)c(OCCN2CCC[C@H](C)C2)c(Cl)c1. The summed E-state index contributed by atoms with van der Waals surface area (Å²) >= 11 is 6.24. The predicted octanol–water partition coefficient (Wildman–Crippen LogP) is 4.07. The number of nitrogens with zero attached hydrogens (tertiary/aromatic N) is 1. The van der Waals surface area contributed by atoms with E-state index in [0.717, 1.165) is 35.4 Å². The lowest BCUT2D eigenvalue weighted by Gasteiger charge is -2.30. The molecule has 1 fully saturated rings. The van der Waals surface area contributed by atoms with Crippen molar-refractivity contribution in [1.29, 1.82) is 0 Å². The van der Waals surface area contributed by atoms with Crippen molar-refractivity contribution in [2.24, 2.45) is 5.92 Å². The normalized spacial score (nSPS) is 20.5. The van der Waals surface area contributed by atoms with Crippen LogP contribution in [0.2, 0.25) is 5.02 Å². The Kier molecular flexibility index (Phi) is 5.12. The minimum atomic E-state index is 0.719.